The summed E-state index contributed by atoms with van der Waals surface area (Å²) < 4.78 is 0. The number of nitrogens with zero attached hydrogens (tertiary/aromatic N) is 5. The summed E-state index contributed by atoms with van der Waals surface area (Å²) in [6.45, 7) is 4.28. The van der Waals surface area contributed by atoms with Gasteiger partial charge in [-0.2, -0.15) is 0 Å². The van der Waals surface area contributed by atoms with E-state index in [9.17, 15) is 14.8 Å². The molecule has 0 spiro atoms. The molecule has 0 aliphatic rings. The SMILES string of the molecule is CCON(C=O)CCN(CCN(C=O)OCC)[N+]([O-])=NO.[NaH]. The Morgan fingerprint density at radius 1 is 1.05 bits per heavy atom. The van der Waals surface area contributed by atoms with E-state index in [0.717, 1.165) is 15.1 Å². The third kappa shape index (κ3) is 9.73. The van der Waals surface area contributed by atoms with Gasteiger partial charge in [0.05, 0.1) is 44.4 Å². The van der Waals surface area contributed by atoms with Gasteiger partial charge in [0.25, 0.3) is 0 Å². The van der Waals surface area contributed by atoms with Crippen LogP contribution in [0.3, 0.4) is 0 Å². The molecule has 0 radical (unpaired) electrons. The van der Waals surface area contributed by atoms with E-state index >= 15 is 0 Å². The minimum absolute atomic E-state index is 0. The summed E-state index contributed by atoms with van der Waals surface area (Å²) in [5, 5.41) is 25.5. The second-order valence-corrected chi connectivity index (χ2v) is 3.62. The molecule has 11 nitrogen and oxygen atoms in total. The monoisotopic (exact) mass is 331 g/mol. The standard InChI is InChI=1S/C10H21N5O6.Na.H/c1-3-20-13(9-16)7-5-12(15(19)11-18)6-8-14(10-17)21-4-2;;/h9-10,18H,3-8H2,1-2H3;;. The summed E-state index contributed by atoms with van der Waals surface area (Å²) in [7, 11) is 0. The molecule has 0 atom stereocenters. The van der Waals surface area contributed by atoms with Gasteiger partial charge in [-0.15, -0.1) is 5.01 Å². The van der Waals surface area contributed by atoms with Crippen molar-refractivity contribution in [3.63, 3.8) is 0 Å². The molecule has 0 fully saturated rings. The van der Waals surface area contributed by atoms with E-state index in [4.69, 9.17) is 14.9 Å². The molecule has 12 heteroatoms. The summed E-state index contributed by atoms with van der Waals surface area (Å²) in [4.78, 5) is 31.3. The average Bonchev–Trinajstić information content (AvgIpc) is 2.51. The number of amides is 2. The van der Waals surface area contributed by atoms with Gasteiger partial charge in [0.2, 0.25) is 18.1 Å². The summed E-state index contributed by atoms with van der Waals surface area (Å²) in [6.07, 6.45) is 0.954. The molecular weight excluding hydrogens is 309 g/mol. The molecular formula is C10H22N5NaO6. The molecule has 0 rings (SSSR count). The van der Waals surface area contributed by atoms with Gasteiger partial charge >= 0.3 is 29.6 Å². The van der Waals surface area contributed by atoms with Gasteiger partial charge in [0.15, 0.2) is 0 Å². The van der Waals surface area contributed by atoms with Gasteiger partial charge in [-0.3, -0.25) is 19.3 Å². The van der Waals surface area contributed by atoms with Crippen LogP contribution in [0, 0.1) is 5.21 Å². The molecule has 0 heterocycles. The molecule has 2 amide bonds. The van der Waals surface area contributed by atoms with Crippen LogP contribution in [-0.4, -0.2) is 107 Å². The van der Waals surface area contributed by atoms with Gasteiger partial charge in [-0.25, -0.2) is 10.1 Å². The van der Waals surface area contributed by atoms with Crippen LogP contribution < -0.4 is 0 Å². The van der Waals surface area contributed by atoms with E-state index in [-0.39, 0.29) is 60.7 Å². The predicted octanol–water partition coefficient (Wildman–Crippen LogP) is -1.27. The zero-order valence-corrected chi connectivity index (χ0v) is 12.1. The van der Waals surface area contributed by atoms with Crippen molar-refractivity contribution >= 4 is 42.4 Å². The topological polar surface area (TPSA) is 121 Å². The number of hydrogen-bond acceptors (Lipinski definition) is 6. The Bertz CT molecular complexity index is 313. The maximum atomic E-state index is 11.4. The van der Waals surface area contributed by atoms with Crippen molar-refractivity contribution in [2.75, 3.05) is 39.4 Å². The molecule has 0 aromatic carbocycles. The van der Waals surface area contributed by atoms with Crippen molar-refractivity contribution in [2.24, 2.45) is 5.28 Å². The van der Waals surface area contributed by atoms with Crippen LogP contribution >= 0.6 is 0 Å². The number of hydrazine groups is 1. The second kappa shape index (κ2) is 14.8. The van der Waals surface area contributed by atoms with Crippen LogP contribution in [0.2, 0.25) is 0 Å². The van der Waals surface area contributed by atoms with Crippen molar-refractivity contribution in [1.29, 1.82) is 0 Å². The summed E-state index contributed by atoms with van der Waals surface area (Å²) in [5.74, 6) is 0. The summed E-state index contributed by atoms with van der Waals surface area (Å²) >= 11 is 0. The Hall–Kier alpha value is -1.14. The van der Waals surface area contributed by atoms with Crippen LogP contribution in [0.25, 0.3) is 0 Å². The van der Waals surface area contributed by atoms with Crippen molar-refractivity contribution < 1.29 is 29.4 Å². The fourth-order valence-electron chi connectivity index (χ4n) is 1.39. The molecule has 0 unspecified atom stereocenters. The number of hydroxylamine groups is 4. The number of carbonyl (C=O) groups excluding carboxylic acids is 2. The molecule has 0 saturated heterocycles. The average molecular weight is 331 g/mol. The third-order valence-corrected chi connectivity index (χ3v) is 2.30. The predicted molar refractivity (Wildman–Crippen MR) is 75.4 cm³/mol. The Kier molecular flexibility index (Phi) is 15.5. The molecule has 0 saturated carbocycles. The van der Waals surface area contributed by atoms with E-state index < -0.39 is 0 Å². The molecule has 0 aromatic rings. The summed E-state index contributed by atoms with van der Waals surface area (Å²) in [5.41, 5.74) is 0. The zero-order chi connectivity index (χ0) is 16.1. The molecule has 0 aromatic heterocycles. The first kappa shape index (κ1) is 23.1. The van der Waals surface area contributed by atoms with Crippen LogP contribution in [0.4, 0.5) is 0 Å². The van der Waals surface area contributed by atoms with Gasteiger partial charge in [-0.1, -0.05) is 0 Å². The van der Waals surface area contributed by atoms with E-state index in [1.165, 1.54) is 0 Å². The molecule has 0 bridgehead atoms. The van der Waals surface area contributed by atoms with Crippen molar-refractivity contribution in [2.45, 2.75) is 13.8 Å². The first-order valence-electron chi connectivity index (χ1n) is 6.39. The number of carbonyl (C=O) groups is 2. The molecule has 124 valence electrons. The van der Waals surface area contributed by atoms with Crippen LogP contribution in [0.15, 0.2) is 5.28 Å². The quantitative estimate of drug-likeness (QED) is 0.147. The Morgan fingerprint density at radius 2 is 1.45 bits per heavy atom. The van der Waals surface area contributed by atoms with Crippen LogP contribution in [0.5, 0.6) is 0 Å². The molecule has 1 N–H and O–H groups in total. The van der Waals surface area contributed by atoms with Gasteiger partial charge in [0, 0.05) is 0 Å². The normalized spacial score (nSPS) is 10.5. The van der Waals surface area contributed by atoms with Gasteiger partial charge in [0.1, 0.15) is 0 Å². The first-order valence-corrected chi connectivity index (χ1v) is 6.39. The van der Waals surface area contributed by atoms with Crippen LogP contribution in [0.1, 0.15) is 13.8 Å². The fraction of sp³-hybridized carbons (Fsp3) is 0.800. The fourth-order valence-corrected chi connectivity index (χ4v) is 1.39. The maximum absolute atomic E-state index is 11.4. The first-order chi connectivity index (χ1) is 10.1. The Balaban J connectivity index is 0. The van der Waals surface area contributed by atoms with E-state index in [2.05, 4.69) is 5.28 Å². The third-order valence-electron chi connectivity index (χ3n) is 2.30. The number of rotatable bonds is 13. The Labute approximate surface area is 150 Å². The van der Waals surface area contributed by atoms with Crippen LogP contribution in [-0.2, 0) is 19.3 Å². The van der Waals surface area contributed by atoms with E-state index in [0.29, 0.717) is 26.0 Å². The van der Waals surface area contributed by atoms with Crippen molar-refractivity contribution in [3.8, 4) is 0 Å². The Morgan fingerprint density at radius 3 is 1.73 bits per heavy atom. The second-order valence-electron chi connectivity index (χ2n) is 3.62. The zero-order valence-electron chi connectivity index (χ0n) is 12.1. The molecule has 22 heavy (non-hydrogen) atoms. The van der Waals surface area contributed by atoms with Gasteiger partial charge in [-0.05, 0) is 13.8 Å². The van der Waals surface area contributed by atoms with E-state index in [1.807, 2.05) is 0 Å². The molecule has 0 aliphatic carbocycles. The van der Waals surface area contributed by atoms with E-state index in [1.54, 1.807) is 13.8 Å². The minimum atomic E-state index is -0.0378. The number of hydrogen-bond donors (Lipinski definition) is 1. The molecule has 0 aliphatic heterocycles. The van der Waals surface area contributed by atoms with Crippen molar-refractivity contribution in [3.05, 3.63) is 5.21 Å². The summed E-state index contributed by atoms with van der Waals surface area (Å²) in [6, 6.07) is 0. The van der Waals surface area contributed by atoms with Crippen molar-refractivity contribution in [1.82, 2.24) is 15.1 Å². The van der Waals surface area contributed by atoms with Gasteiger partial charge < -0.3 is 10.4 Å².